The van der Waals surface area contributed by atoms with Crippen molar-refractivity contribution in [1.82, 2.24) is 9.78 Å². The van der Waals surface area contributed by atoms with Crippen LogP contribution in [0.4, 0.5) is 0 Å². The van der Waals surface area contributed by atoms with E-state index in [0.717, 1.165) is 11.3 Å². The summed E-state index contributed by atoms with van der Waals surface area (Å²) in [6.07, 6.45) is 1.64. The number of benzene rings is 2. The van der Waals surface area contributed by atoms with E-state index in [4.69, 9.17) is 9.47 Å². The van der Waals surface area contributed by atoms with E-state index in [1.807, 2.05) is 60.7 Å². The Balaban J connectivity index is 1.85. The number of ether oxygens (including phenoxy) is 2. The summed E-state index contributed by atoms with van der Waals surface area (Å²) in [7, 11) is 0. The summed E-state index contributed by atoms with van der Waals surface area (Å²) in [6, 6.07) is 19.3. The topological polar surface area (TPSA) is 53.4 Å². The van der Waals surface area contributed by atoms with Crippen molar-refractivity contribution in [2.24, 2.45) is 0 Å². The molecule has 116 valence electrons. The van der Waals surface area contributed by atoms with Gasteiger partial charge in [-0.15, -0.1) is 5.10 Å². The molecule has 0 radical (unpaired) electrons. The largest absolute Gasteiger partial charge is 0.469 e. The molecule has 0 bridgehead atoms. The van der Waals surface area contributed by atoms with Crippen LogP contribution >= 0.6 is 0 Å². The van der Waals surface area contributed by atoms with Crippen LogP contribution in [-0.2, 0) is 11.4 Å². The average molecular weight is 308 g/mol. The van der Waals surface area contributed by atoms with Crippen LogP contribution in [0.5, 0.6) is 11.6 Å². The van der Waals surface area contributed by atoms with Gasteiger partial charge in [0.2, 0.25) is 5.75 Å². The number of nitrogens with zero attached hydrogens (tertiary/aromatic N) is 2. The van der Waals surface area contributed by atoms with Gasteiger partial charge in [0.05, 0.1) is 11.9 Å². The number of carbonyl (C=O) groups is 1. The molecule has 0 aliphatic carbocycles. The van der Waals surface area contributed by atoms with Crippen molar-refractivity contribution in [3.63, 3.8) is 0 Å². The van der Waals surface area contributed by atoms with E-state index in [2.05, 4.69) is 5.10 Å². The highest BCUT2D eigenvalue weighted by atomic mass is 16.6. The second-order valence-electron chi connectivity index (χ2n) is 4.95. The molecule has 3 rings (SSSR count). The predicted molar refractivity (Wildman–Crippen MR) is 85.6 cm³/mol. The van der Waals surface area contributed by atoms with Gasteiger partial charge in [-0.05, 0) is 17.7 Å². The first-order chi connectivity index (χ1) is 11.2. The number of para-hydroxylation sites is 1. The third-order valence-electron chi connectivity index (χ3n) is 3.14. The number of aromatic nitrogens is 2. The molecule has 3 aromatic rings. The molecule has 1 heterocycles. The van der Waals surface area contributed by atoms with E-state index in [9.17, 15) is 4.79 Å². The molecule has 1 aromatic heterocycles. The molecule has 5 nitrogen and oxygen atoms in total. The second kappa shape index (κ2) is 6.79. The lowest BCUT2D eigenvalue weighted by Crippen LogP contribution is -2.03. The summed E-state index contributed by atoms with van der Waals surface area (Å²) in [5.41, 5.74) is 1.87. The molecule has 0 amide bonds. The summed E-state index contributed by atoms with van der Waals surface area (Å²) >= 11 is 0. The van der Waals surface area contributed by atoms with Crippen LogP contribution in [0.25, 0.3) is 5.69 Å². The van der Waals surface area contributed by atoms with Gasteiger partial charge < -0.3 is 9.47 Å². The summed E-state index contributed by atoms with van der Waals surface area (Å²) < 4.78 is 12.5. The van der Waals surface area contributed by atoms with E-state index in [-0.39, 0.29) is 5.88 Å². The molecule has 0 aliphatic rings. The van der Waals surface area contributed by atoms with Gasteiger partial charge in [-0.3, -0.25) is 4.79 Å². The SMILES string of the molecule is CC(=O)Oc1cn(-c2ccccc2)nc1OCc1ccccc1. The van der Waals surface area contributed by atoms with Crippen molar-refractivity contribution < 1.29 is 14.3 Å². The molecule has 0 saturated heterocycles. The molecule has 5 heteroatoms. The van der Waals surface area contributed by atoms with E-state index < -0.39 is 5.97 Å². The van der Waals surface area contributed by atoms with E-state index in [1.54, 1.807) is 10.9 Å². The highest BCUT2D eigenvalue weighted by Crippen LogP contribution is 2.28. The van der Waals surface area contributed by atoms with Crippen LogP contribution in [0.1, 0.15) is 12.5 Å². The minimum Gasteiger partial charge on any atom is -0.469 e. The summed E-state index contributed by atoms with van der Waals surface area (Å²) in [6.45, 7) is 1.70. The number of hydrogen-bond donors (Lipinski definition) is 0. The summed E-state index contributed by atoms with van der Waals surface area (Å²) in [5.74, 6) is 0.173. The van der Waals surface area contributed by atoms with E-state index >= 15 is 0 Å². The standard InChI is InChI=1S/C18H16N2O3/c1-14(21)23-17-12-20(16-10-6-3-7-11-16)19-18(17)22-13-15-8-4-2-5-9-15/h2-12H,13H2,1H3. The molecule has 0 aliphatic heterocycles. The van der Waals surface area contributed by atoms with Gasteiger partial charge in [0.15, 0.2) is 0 Å². The Morgan fingerprint density at radius 2 is 1.70 bits per heavy atom. The second-order valence-corrected chi connectivity index (χ2v) is 4.95. The number of esters is 1. The smallest absolute Gasteiger partial charge is 0.308 e. The Morgan fingerprint density at radius 3 is 2.35 bits per heavy atom. The molecule has 0 saturated carbocycles. The Kier molecular flexibility index (Phi) is 4.38. The monoisotopic (exact) mass is 308 g/mol. The number of rotatable bonds is 5. The van der Waals surface area contributed by atoms with Crippen LogP contribution in [0.2, 0.25) is 0 Å². The molecule has 2 aromatic carbocycles. The van der Waals surface area contributed by atoms with Crippen LogP contribution in [0, 0.1) is 0 Å². The van der Waals surface area contributed by atoms with Crippen LogP contribution in [0.15, 0.2) is 66.9 Å². The normalized spacial score (nSPS) is 10.3. The van der Waals surface area contributed by atoms with Crippen molar-refractivity contribution in [2.75, 3.05) is 0 Å². The van der Waals surface area contributed by atoms with Crippen molar-refractivity contribution in [2.45, 2.75) is 13.5 Å². The van der Waals surface area contributed by atoms with Crippen LogP contribution in [0.3, 0.4) is 0 Å². The van der Waals surface area contributed by atoms with Gasteiger partial charge in [0.1, 0.15) is 6.61 Å². The minimum atomic E-state index is -0.415. The quantitative estimate of drug-likeness (QED) is 0.678. The molecular weight excluding hydrogens is 292 g/mol. The fourth-order valence-electron chi connectivity index (χ4n) is 2.11. The third kappa shape index (κ3) is 3.77. The highest BCUT2D eigenvalue weighted by Gasteiger charge is 2.15. The van der Waals surface area contributed by atoms with Gasteiger partial charge in [-0.2, -0.15) is 0 Å². The molecule has 0 atom stereocenters. The first-order valence-corrected chi connectivity index (χ1v) is 7.22. The predicted octanol–water partition coefficient (Wildman–Crippen LogP) is 3.38. The molecule has 0 N–H and O–H groups in total. The number of carbonyl (C=O) groups excluding carboxylic acids is 1. The molecule has 0 unspecified atom stereocenters. The maximum absolute atomic E-state index is 11.3. The highest BCUT2D eigenvalue weighted by molar-refractivity contribution is 5.70. The third-order valence-corrected chi connectivity index (χ3v) is 3.14. The Labute approximate surface area is 134 Å². The Hall–Kier alpha value is -3.08. The lowest BCUT2D eigenvalue weighted by atomic mass is 10.2. The molecular formula is C18H16N2O3. The van der Waals surface area contributed by atoms with Crippen LogP contribution in [-0.4, -0.2) is 15.7 Å². The summed E-state index contributed by atoms with van der Waals surface area (Å²) in [5, 5.41) is 4.37. The molecule has 0 fully saturated rings. The molecule has 23 heavy (non-hydrogen) atoms. The van der Waals surface area contributed by atoms with Crippen molar-refractivity contribution in [1.29, 1.82) is 0 Å². The lowest BCUT2D eigenvalue weighted by Gasteiger charge is -2.05. The van der Waals surface area contributed by atoms with E-state index in [0.29, 0.717) is 12.4 Å². The minimum absolute atomic E-state index is 0.285. The Bertz CT molecular complexity index is 783. The lowest BCUT2D eigenvalue weighted by molar-refractivity contribution is -0.132. The zero-order chi connectivity index (χ0) is 16.1. The summed E-state index contributed by atoms with van der Waals surface area (Å²) in [4.78, 5) is 11.3. The fourth-order valence-corrected chi connectivity index (χ4v) is 2.11. The van der Waals surface area contributed by atoms with Crippen molar-refractivity contribution in [3.8, 4) is 17.3 Å². The van der Waals surface area contributed by atoms with Crippen molar-refractivity contribution >= 4 is 5.97 Å². The Morgan fingerprint density at radius 1 is 1.04 bits per heavy atom. The fraction of sp³-hybridized carbons (Fsp3) is 0.111. The van der Waals surface area contributed by atoms with Crippen molar-refractivity contribution in [3.05, 3.63) is 72.4 Å². The van der Waals surface area contributed by atoms with Gasteiger partial charge in [-0.1, -0.05) is 48.5 Å². The first kappa shape index (κ1) is 14.8. The van der Waals surface area contributed by atoms with Gasteiger partial charge in [0, 0.05) is 6.92 Å². The maximum Gasteiger partial charge on any atom is 0.308 e. The van der Waals surface area contributed by atoms with Gasteiger partial charge in [-0.25, -0.2) is 4.68 Å². The van der Waals surface area contributed by atoms with Gasteiger partial charge >= 0.3 is 5.97 Å². The first-order valence-electron chi connectivity index (χ1n) is 7.22. The zero-order valence-electron chi connectivity index (χ0n) is 12.7. The number of hydrogen-bond acceptors (Lipinski definition) is 4. The maximum atomic E-state index is 11.3. The van der Waals surface area contributed by atoms with E-state index in [1.165, 1.54) is 6.92 Å². The van der Waals surface area contributed by atoms with Gasteiger partial charge in [0.25, 0.3) is 5.88 Å². The van der Waals surface area contributed by atoms with Crippen LogP contribution < -0.4 is 9.47 Å². The average Bonchev–Trinajstić information content (AvgIpc) is 2.97. The zero-order valence-corrected chi connectivity index (χ0v) is 12.7. The molecule has 0 spiro atoms.